The Hall–Kier alpha value is -1.06. The Bertz CT molecular complexity index is 385. The zero-order valence-corrected chi connectivity index (χ0v) is 9.08. The van der Waals surface area contributed by atoms with E-state index in [2.05, 4.69) is 0 Å². The number of ether oxygens (including phenoxy) is 2. The summed E-state index contributed by atoms with van der Waals surface area (Å²) < 4.78 is 10.5. The van der Waals surface area contributed by atoms with E-state index >= 15 is 0 Å². The van der Waals surface area contributed by atoms with E-state index in [9.17, 15) is 4.79 Å². The minimum atomic E-state index is -0.0517. The molecule has 2 rings (SSSR count). The van der Waals surface area contributed by atoms with Gasteiger partial charge in [0.15, 0.2) is 5.78 Å². The van der Waals surface area contributed by atoms with Gasteiger partial charge in [0, 0.05) is 5.02 Å². The Kier molecular flexibility index (Phi) is 2.93. The zero-order valence-electron chi connectivity index (χ0n) is 8.33. The highest BCUT2D eigenvalue weighted by molar-refractivity contribution is 6.31. The van der Waals surface area contributed by atoms with Gasteiger partial charge in [0.2, 0.25) is 0 Å². The lowest BCUT2D eigenvalue weighted by atomic mass is 10.1. The summed E-state index contributed by atoms with van der Waals surface area (Å²) in [5.74, 6) is 0.520. The average molecular weight is 227 g/mol. The molecule has 3 nitrogen and oxygen atoms in total. The van der Waals surface area contributed by atoms with Crippen LogP contribution in [0.25, 0.3) is 0 Å². The van der Waals surface area contributed by atoms with Crippen LogP contribution >= 0.6 is 11.6 Å². The molecular weight excluding hydrogens is 216 g/mol. The maximum atomic E-state index is 11.3. The van der Waals surface area contributed by atoms with Crippen molar-refractivity contribution in [3.8, 4) is 5.75 Å². The molecule has 80 valence electrons. The lowest BCUT2D eigenvalue weighted by molar-refractivity contribution is 0.101. The number of hydrogen-bond donors (Lipinski definition) is 0. The van der Waals surface area contributed by atoms with Crippen molar-refractivity contribution in [1.29, 1.82) is 0 Å². The minimum Gasteiger partial charge on any atom is -0.490 e. The molecule has 1 heterocycles. The molecule has 15 heavy (non-hydrogen) atoms. The van der Waals surface area contributed by atoms with Gasteiger partial charge in [-0.15, -0.1) is 0 Å². The average Bonchev–Trinajstić information content (AvgIpc) is 2.99. The first-order valence-corrected chi connectivity index (χ1v) is 5.09. The number of benzene rings is 1. The lowest BCUT2D eigenvalue weighted by Gasteiger charge is -2.08. The molecule has 0 spiro atoms. The normalized spacial score (nSPS) is 18.7. The molecule has 1 fully saturated rings. The number of ketones is 1. The van der Waals surface area contributed by atoms with E-state index in [-0.39, 0.29) is 11.9 Å². The molecule has 0 bridgehead atoms. The van der Waals surface area contributed by atoms with Gasteiger partial charge < -0.3 is 9.47 Å². The van der Waals surface area contributed by atoms with Crippen molar-refractivity contribution in [2.24, 2.45) is 0 Å². The monoisotopic (exact) mass is 226 g/mol. The van der Waals surface area contributed by atoms with Gasteiger partial charge in [0.05, 0.1) is 12.2 Å². The van der Waals surface area contributed by atoms with Gasteiger partial charge in [-0.3, -0.25) is 4.79 Å². The van der Waals surface area contributed by atoms with Crippen molar-refractivity contribution in [2.75, 3.05) is 13.2 Å². The molecule has 0 aromatic heterocycles. The fourth-order valence-corrected chi connectivity index (χ4v) is 1.42. The summed E-state index contributed by atoms with van der Waals surface area (Å²) in [4.78, 5) is 11.3. The van der Waals surface area contributed by atoms with E-state index in [1.165, 1.54) is 6.92 Å². The Morgan fingerprint density at radius 3 is 3.00 bits per heavy atom. The largest absolute Gasteiger partial charge is 0.490 e. The van der Waals surface area contributed by atoms with Crippen LogP contribution in [0.1, 0.15) is 17.3 Å². The maximum absolute atomic E-state index is 11.3. The topological polar surface area (TPSA) is 38.8 Å². The second-order valence-electron chi connectivity index (χ2n) is 3.46. The van der Waals surface area contributed by atoms with Crippen molar-refractivity contribution >= 4 is 17.4 Å². The third-order valence-electron chi connectivity index (χ3n) is 2.15. The molecule has 0 radical (unpaired) electrons. The lowest BCUT2D eigenvalue weighted by Crippen LogP contribution is -2.07. The van der Waals surface area contributed by atoms with Crippen LogP contribution in [-0.4, -0.2) is 25.1 Å². The van der Waals surface area contributed by atoms with Gasteiger partial charge in [0.25, 0.3) is 0 Å². The van der Waals surface area contributed by atoms with E-state index in [0.717, 1.165) is 6.61 Å². The first-order valence-electron chi connectivity index (χ1n) is 4.71. The summed E-state index contributed by atoms with van der Waals surface area (Å²) in [6.45, 7) is 2.72. The molecule has 0 aliphatic carbocycles. The molecular formula is C11H11ClO3. The second-order valence-corrected chi connectivity index (χ2v) is 3.90. The Morgan fingerprint density at radius 2 is 2.40 bits per heavy atom. The summed E-state index contributed by atoms with van der Waals surface area (Å²) in [6, 6.07) is 5.03. The number of Topliss-reactive ketones (excluding diaryl/α,β-unsaturated/α-hetero) is 1. The molecule has 1 atom stereocenters. The van der Waals surface area contributed by atoms with Crippen molar-refractivity contribution in [2.45, 2.75) is 13.0 Å². The Labute approximate surface area is 92.9 Å². The molecule has 1 saturated heterocycles. The van der Waals surface area contributed by atoms with E-state index in [1.54, 1.807) is 18.2 Å². The fourth-order valence-electron chi connectivity index (χ4n) is 1.25. The third-order valence-corrected chi connectivity index (χ3v) is 2.38. The van der Waals surface area contributed by atoms with Crippen LogP contribution in [0.3, 0.4) is 0 Å². The Balaban J connectivity index is 2.15. The van der Waals surface area contributed by atoms with Gasteiger partial charge in [-0.2, -0.15) is 0 Å². The van der Waals surface area contributed by atoms with Crippen LogP contribution in [0, 0.1) is 0 Å². The number of hydrogen-bond acceptors (Lipinski definition) is 3. The van der Waals surface area contributed by atoms with Crippen LogP contribution in [0.4, 0.5) is 0 Å². The first-order chi connectivity index (χ1) is 7.16. The Morgan fingerprint density at radius 1 is 1.67 bits per heavy atom. The summed E-state index contributed by atoms with van der Waals surface area (Å²) >= 11 is 5.80. The highest BCUT2D eigenvalue weighted by Crippen LogP contribution is 2.24. The van der Waals surface area contributed by atoms with Gasteiger partial charge in [-0.1, -0.05) is 11.6 Å². The predicted octanol–water partition coefficient (Wildman–Crippen LogP) is 2.32. The number of rotatable bonds is 4. The molecule has 1 aromatic carbocycles. The van der Waals surface area contributed by atoms with E-state index < -0.39 is 0 Å². The van der Waals surface area contributed by atoms with Gasteiger partial charge in [-0.25, -0.2) is 0 Å². The third kappa shape index (κ3) is 2.70. The van der Waals surface area contributed by atoms with Crippen LogP contribution in [0.15, 0.2) is 18.2 Å². The quantitative estimate of drug-likeness (QED) is 0.584. The van der Waals surface area contributed by atoms with Crippen molar-refractivity contribution in [3.05, 3.63) is 28.8 Å². The minimum absolute atomic E-state index is 0.0517. The zero-order chi connectivity index (χ0) is 10.8. The van der Waals surface area contributed by atoms with Crippen LogP contribution < -0.4 is 4.74 Å². The summed E-state index contributed by atoms with van der Waals surface area (Å²) in [7, 11) is 0. The summed E-state index contributed by atoms with van der Waals surface area (Å²) in [6.07, 6.45) is 0.181. The number of halogens is 1. The van der Waals surface area contributed by atoms with E-state index in [0.29, 0.717) is 22.9 Å². The van der Waals surface area contributed by atoms with Crippen molar-refractivity contribution in [1.82, 2.24) is 0 Å². The molecule has 1 unspecified atom stereocenters. The second kappa shape index (κ2) is 4.21. The van der Waals surface area contributed by atoms with Gasteiger partial charge in [-0.05, 0) is 25.1 Å². The van der Waals surface area contributed by atoms with Crippen molar-refractivity contribution < 1.29 is 14.3 Å². The van der Waals surface area contributed by atoms with Crippen LogP contribution in [-0.2, 0) is 4.74 Å². The standard InChI is InChI=1S/C11H11ClO3/c1-7(13)10-4-8(12)2-3-11(10)15-6-9-5-14-9/h2-4,9H,5-6H2,1H3. The number of carbonyl (C=O) groups is 1. The maximum Gasteiger partial charge on any atom is 0.163 e. The van der Waals surface area contributed by atoms with E-state index in [4.69, 9.17) is 21.1 Å². The van der Waals surface area contributed by atoms with E-state index in [1.807, 2.05) is 0 Å². The molecule has 0 saturated carbocycles. The molecule has 0 N–H and O–H groups in total. The molecule has 0 amide bonds. The fraction of sp³-hybridized carbons (Fsp3) is 0.364. The first kappa shape index (κ1) is 10.5. The van der Waals surface area contributed by atoms with Crippen LogP contribution in [0.5, 0.6) is 5.75 Å². The molecule has 1 aromatic rings. The predicted molar refractivity (Wildman–Crippen MR) is 56.7 cm³/mol. The summed E-state index contributed by atoms with van der Waals surface area (Å²) in [5, 5.41) is 0.537. The SMILES string of the molecule is CC(=O)c1cc(Cl)ccc1OCC1CO1. The molecule has 1 aliphatic rings. The van der Waals surface area contributed by atoms with Crippen LogP contribution in [0.2, 0.25) is 5.02 Å². The number of carbonyl (C=O) groups excluding carboxylic acids is 1. The molecule has 4 heteroatoms. The highest BCUT2D eigenvalue weighted by atomic mass is 35.5. The highest BCUT2D eigenvalue weighted by Gasteiger charge is 2.23. The number of epoxide rings is 1. The van der Waals surface area contributed by atoms with Gasteiger partial charge in [0.1, 0.15) is 18.5 Å². The summed E-state index contributed by atoms with van der Waals surface area (Å²) in [5.41, 5.74) is 0.517. The molecule has 1 aliphatic heterocycles. The van der Waals surface area contributed by atoms with Crippen molar-refractivity contribution in [3.63, 3.8) is 0 Å². The smallest absolute Gasteiger partial charge is 0.163 e. The van der Waals surface area contributed by atoms with Gasteiger partial charge >= 0.3 is 0 Å².